The summed E-state index contributed by atoms with van der Waals surface area (Å²) in [5.74, 6) is -0.192. The summed E-state index contributed by atoms with van der Waals surface area (Å²) in [6.07, 6.45) is 2.01. The van der Waals surface area contributed by atoms with Gasteiger partial charge < -0.3 is 10.6 Å². The van der Waals surface area contributed by atoms with Gasteiger partial charge >= 0.3 is 0 Å². The fraction of sp³-hybridized carbons (Fsp3) is 0.167. The first-order chi connectivity index (χ1) is 7.70. The summed E-state index contributed by atoms with van der Waals surface area (Å²) in [7, 11) is 0. The maximum absolute atomic E-state index is 11.6. The highest BCUT2D eigenvalue weighted by atomic mass is 16.2. The Labute approximate surface area is 93.3 Å². The fourth-order valence-electron chi connectivity index (χ4n) is 1.62. The SMILES string of the molecule is C=CCNC(=O)c1ccc2c(c1)NC(=O)C2. The van der Waals surface area contributed by atoms with E-state index in [9.17, 15) is 9.59 Å². The lowest BCUT2D eigenvalue weighted by Gasteiger charge is -2.04. The highest BCUT2D eigenvalue weighted by Gasteiger charge is 2.18. The van der Waals surface area contributed by atoms with Crippen molar-refractivity contribution in [1.82, 2.24) is 5.32 Å². The van der Waals surface area contributed by atoms with Crippen LogP contribution in [0.4, 0.5) is 5.69 Å². The Morgan fingerprint density at radius 3 is 3.12 bits per heavy atom. The van der Waals surface area contributed by atoms with Gasteiger partial charge in [-0.2, -0.15) is 0 Å². The van der Waals surface area contributed by atoms with Gasteiger partial charge in [-0.3, -0.25) is 9.59 Å². The zero-order valence-corrected chi connectivity index (χ0v) is 8.75. The largest absolute Gasteiger partial charge is 0.349 e. The van der Waals surface area contributed by atoms with Gasteiger partial charge in [-0.05, 0) is 17.7 Å². The Kier molecular flexibility index (Phi) is 2.72. The predicted molar refractivity (Wildman–Crippen MR) is 61.3 cm³/mol. The predicted octanol–water partition coefficient (Wildman–Crippen LogP) is 1.10. The first-order valence-electron chi connectivity index (χ1n) is 5.02. The van der Waals surface area contributed by atoms with Gasteiger partial charge in [-0.1, -0.05) is 12.1 Å². The van der Waals surface area contributed by atoms with E-state index in [4.69, 9.17) is 0 Å². The summed E-state index contributed by atoms with van der Waals surface area (Å²) < 4.78 is 0. The molecule has 0 fully saturated rings. The molecule has 0 aromatic heterocycles. The van der Waals surface area contributed by atoms with Gasteiger partial charge in [-0.25, -0.2) is 0 Å². The van der Waals surface area contributed by atoms with Gasteiger partial charge in [0.1, 0.15) is 0 Å². The van der Waals surface area contributed by atoms with Crippen molar-refractivity contribution in [2.75, 3.05) is 11.9 Å². The molecule has 0 atom stereocenters. The number of rotatable bonds is 3. The van der Waals surface area contributed by atoms with Gasteiger partial charge in [0.15, 0.2) is 0 Å². The highest BCUT2D eigenvalue weighted by Crippen LogP contribution is 2.23. The molecule has 0 bridgehead atoms. The molecule has 0 aliphatic carbocycles. The number of amides is 2. The van der Waals surface area contributed by atoms with E-state index in [0.717, 1.165) is 11.3 Å². The molecule has 0 unspecified atom stereocenters. The van der Waals surface area contributed by atoms with E-state index < -0.39 is 0 Å². The third-order valence-corrected chi connectivity index (χ3v) is 2.40. The molecular weight excluding hydrogens is 204 g/mol. The monoisotopic (exact) mass is 216 g/mol. The molecule has 82 valence electrons. The Morgan fingerprint density at radius 1 is 1.56 bits per heavy atom. The first kappa shape index (κ1) is 10.4. The van der Waals surface area contributed by atoms with Crippen LogP contribution in [0.25, 0.3) is 0 Å². The number of benzene rings is 1. The fourth-order valence-corrected chi connectivity index (χ4v) is 1.62. The Balaban J connectivity index is 2.19. The highest BCUT2D eigenvalue weighted by molar-refractivity contribution is 6.02. The van der Waals surface area contributed by atoms with Crippen LogP contribution in [-0.2, 0) is 11.2 Å². The molecule has 0 spiro atoms. The summed E-state index contributed by atoms with van der Waals surface area (Å²) in [6, 6.07) is 5.21. The summed E-state index contributed by atoms with van der Waals surface area (Å²) in [6.45, 7) is 3.96. The van der Waals surface area contributed by atoms with Crippen molar-refractivity contribution in [3.05, 3.63) is 42.0 Å². The maximum atomic E-state index is 11.6. The van der Waals surface area contributed by atoms with Crippen LogP contribution in [0.3, 0.4) is 0 Å². The van der Waals surface area contributed by atoms with Gasteiger partial charge in [0.2, 0.25) is 5.91 Å². The van der Waals surface area contributed by atoms with Crippen molar-refractivity contribution in [3.63, 3.8) is 0 Å². The molecule has 1 aliphatic heterocycles. The van der Waals surface area contributed by atoms with E-state index in [-0.39, 0.29) is 11.8 Å². The minimum Gasteiger partial charge on any atom is -0.349 e. The average molecular weight is 216 g/mol. The lowest BCUT2D eigenvalue weighted by molar-refractivity contribution is -0.115. The average Bonchev–Trinajstić information content (AvgIpc) is 2.64. The molecular formula is C12H12N2O2. The molecule has 1 aliphatic rings. The van der Waals surface area contributed by atoms with Crippen LogP contribution in [0.2, 0.25) is 0 Å². The second kappa shape index (κ2) is 4.18. The molecule has 0 saturated carbocycles. The number of carbonyl (C=O) groups excluding carboxylic acids is 2. The zero-order valence-electron chi connectivity index (χ0n) is 8.75. The van der Waals surface area contributed by atoms with E-state index in [1.54, 1.807) is 24.3 Å². The first-order valence-corrected chi connectivity index (χ1v) is 5.02. The minimum absolute atomic E-state index is 0.0290. The summed E-state index contributed by atoms with van der Waals surface area (Å²) in [4.78, 5) is 22.7. The van der Waals surface area contributed by atoms with E-state index in [0.29, 0.717) is 18.5 Å². The van der Waals surface area contributed by atoms with Crippen LogP contribution in [0.1, 0.15) is 15.9 Å². The normalized spacial score (nSPS) is 12.9. The van der Waals surface area contributed by atoms with Gasteiger partial charge in [-0.15, -0.1) is 6.58 Å². The third-order valence-electron chi connectivity index (χ3n) is 2.40. The number of nitrogens with one attached hydrogen (secondary N) is 2. The summed E-state index contributed by atoms with van der Waals surface area (Å²) >= 11 is 0. The molecule has 1 heterocycles. The number of anilines is 1. The van der Waals surface area contributed by atoms with E-state index in [1.807, 2.05) is 0 Å². The van der Waals surface area contributed by atoms with E-state index in [2.05, 4.69) is 17.2 Å². The van der Waals surface area contributed by atoms with Gasteiger partial charge in [0.25, 0.3) is 5.91 Å². The van der Waals surface area contributed by atoms with Crippen molar-refractivity contribution in [3.8, 4) is 0 Å². The summed E-state index contributed by atoms with van der Waals surface area (Å²) in [5, 5.41) is 5.39. The van der Waals surface area contributed by atoms with Gasteiger partial charge in [0.05, 0.1) is 6.42 Å². The second-order valence-corrected chi connectivity index (χ2v) is 3.60. The molecule has 0 radical (unpaired) electrons. The van der Waals surface area contributed by atoms with Crippen molar-refractivity contribution in [2.45, 2.75) is 6.42 Å². The molecule has 1 aromatic carbocycles. The van der Waals surface area contributed by atoms with Crippen molar-refractivity contribution in [2.24, 2.45) is 0 Å². The van der Waals surface area contributed by atoms with Crippen molar-refractivity contribution in [1.29, 1.82) is 0 Å². The summed E-state index contributed by atoms with van der Waals surface area (Å²) in [5.41, 5.74) is 2.21. The van der Waals surface area contributed by atoms with Crippen LogP contribution in [0, 0.1) is 0 Å². The van der Waals surface area contributed by atoms with Crippen LogP contribution in [0.5, 0.6) is 0 Å². The molecule has 2 rings (SSSR count). The zero-order chi connectivity index (χ0) is 11.5. The molecule has 4 heteroatoms. The van der Waals surface area contributed by atoms with Crippen molar-refractivity contribution < 1.29 is 9.59 Å². The third kappa shape index (κ3) is 1.95. The van der Waals surface area contributed by atoms with Crippen LogP contribution in [0.15, 0.2) is 30.9 Å². The van der Waals surface area contributed by atoms with Crippen LogP contribution < -0.4 is 10.6 Å². The smallest absolute Gasteiger partial charge is 0.251 e. The standard InChI is InChI=1S/C12H12N2O2/c1-2-5-13-12(16)9-4-3-8-7-11(15)14-10(8)6-9/h2-4,6H,1,5,7H2,(H,13,16)(H,14,15). The molecule has 16 heavy (non-hydrogen) atoms. The molecule has 2 N–H and O–H groups in total. The maximum Gasteiger partial charge on any atom is 0.251 e. The topological polar surface area (TPSA) is 58.2 Å². The quantitative estimate of drug-likeness (QED) is 0.743. The lowest BCUT2D eigenvalue weighted by atomic mass is 10.1. The number of fused-ring (bicyclic) bond motifs is 1. The number of hydrogen-bond acceptors (Lipinski definition) is 2. The number of carbonyl (C=O) groups is 2. The lowest BCUT2D eigenvalue weighted by Crippen LogP contribution is -2.23. The van der Waals surface area contributed by atoms with E-state index >= 15 is 0 Å². The Hall–Kier alpha value is -2.10. The minimum atomic E-state index is -0.163. The Morgan fingerprint density at radius 2 is 2.38 bits per heavy atom. The Bertz CT molecular complexity index is 466. The van der Waals surface area contributed by atoms with Crippen LogP contribution in [-0.4, -0.2) is 18.4 Å². The molecule has 4 nitrogen and oxygen atoms in total. The van der Waals surface area contributed by atoms with Crippen molar-refractivity contribution >= 4 is 17.5 Å². The van der Waals surface area contributed by atoms with Gasteiger partial charge in [0, 0.05) is 17.8 Å². The number of hydrogen-bond donors (Lipinski definition) is 2. The molecule has 0 saturated heterocycles. The molecule has 1 aromatic rings. The van der Waals surface area contributed by atoms with E-state index in [1.165, 1.54) is 0 Å². The van der Waals surface area contributed by atoms with Crippen LogP contribution >= 0.6 is 0 Å². The second-order valence-electron chi connectivity index (χ2n) is 3.60. The molecule has 2 amide bonds.